The van der Waals surface area contributed by atoms with Gasteiger partial charge < -0.3 is 14.6 Å². The van der Waals surface area contributed by atoms with Gasteiger partial charge in [0.1, 0.15) is 0 Å². The van der Waals surface area contributed by atoms with Gasteiger partial charge >= 0.3 is 0 Å². The Morgan fingerprint density at radius 2 is 2.05 bits per heavy atom. The first-order chi connectivity index (χ1) is 9.48. The van der Waals surface area contributed by atoms with Crippen LogP contribution in [0.15, 0.2) is 6.07 Å². The maximum absolute atomic E-state index is 9.77. The number of ether oxygens (including phenoxy) is 2. The fourth-order valence-electron chi connectivity index (χ4n) is 3.58. The molecule has 1 aliphatic carbocycles. The van der Waals surface area contributed by atoms with Crippen molar-refractivity contribution in [2.24, 2.45) is 5.41 Å². The third-order valence-corrected chi connectivity index (χ3v) is 4.75. The number of aliphatic hydroxyl groups is 1. The summed E-state index contributed by atoms with van der Waals surface area (Å²) in [6.07, 6.45) is 1.80. The van der Waals surface area contributed by atoms with Crippen LogP contribution in [0.1, 0.15) is 40.8 Å². The van der Waals surface area contributed by atoms with Gasteiger partial charge in [0, 0.05) is 19.6 Å². The zero-order valence-corrected chi connectivity index (χ0v) is 13.2. The lowest BCUT2D eigenvalue weighted by Gasteiger charge is -2.28. The van der Waals surface area contributed by atoms with E-state index in [1.54, 1.807) is 14.2 Å². The standard InChI is InChI=1S/C17H26O3/c1-11-8-14-15(12(2)13(11)6-7-19-4)9-17(3,10-18)16(14)20-5/h8,16,18H,6-7,9-10H2,1-5H3/t16-,17-/m0/s1. The average molecular weight is 278 g/mol. The van der Waals surface area contributed by atoms with Crippen molar-refractivity contribution in [1.29, 1.82) is 0 Å². The largest absolute Gasteiger partial charge is 0.396 e. The van der Waals surface area contributed by atoms with Crippen LogP contribution in [0.2, 0.25) is 0 Å². The lowest BCUT2D eigenvalue weighted by atomic mass is 9.85. The molecule has 2 atom stereocenters. The van der Waals surface area contributed by atoms with Crippen LogP contribution < -0.4 is 0 Å². The summed E-state index contributed by atoms with van der Waals surface area (Å²) >= 11 is 0. The normalized spacial score (nSPS) is 25.0. The number of aliphatic hydroxyl groups excluding tert-OH is 1. The van der Waals surface area contributed by atoms with Gasteiger partial charge in [-0.3, -0.25) is 0 Å². The van der Waals surface area contributed by atoms with E-state index < -0.39 is 0 Å². The molecule has 0 radical (unpaired) electrons. The van der Waals surface area contributed by atoms with Crippen molar-refractivity contribution in [2.75, 3.05) is 27.4 Å². The van der Waals surface area contributed by atoms with E-state index in [1.165, 1.54) is 27.8 Å². The molecule has 0 spiro atoms. The zero-order valence-electron chi connectivity index (χ0n) is 13.2. The Bertz CT molecular complexity index is 495. The number of methoxy groups -OCH3 is 2. The number of benzene rings is 1. The van der Waals surface area contributed by atoms with Crippen molar-refractivity contribution in [2.45, 2.75) is 39.7 Å². The summed E-state index contributed by atoms with van der Waals surface area (Å²) in [7, 11) is 3.47. The third-order valence-electron chi connectivity index (χ3n) is 4.75. The number of hydrogen-bond donors (Lipinski definition) is 1. The zero-order chi connectivity index (χ0) is 14.9. The van der Waals surface area contributed by atoms with E-state index in [0.717, 1.165) is 19.4 Å². The predicted molar refractivity (Wildman–Crippen MR) is 80.1 cm³/mol. The molecular weight excluding hydrogens is 252 g/mol. The molecule has 1 aliphatic rings. The summed E-state index contributed by atoms with van der Waals surface area (Å²) in [5.41, 5.74) is 6.40. The van der Waals surface area contributed by atoms with Crippen LogP contribution in [0.5, 0.6) is 0 Å². The monoisotopic (exact) mass is 278 g/mol. The molecule has 0 fully saturated rings. The molecule has 20 heavy (non-hydrogen) atoms. The highest BCUT2D eigenvalue weighted by Crippen LogP contribution is 2.49. The van der Waals surface area contributed by atoms with Gasteiger partial charge in [-0.2, -0.15) is 0 Å². The van der Waals surface area contributed by atoms with Crippen molar-refractivity contribution in [3.8, 4) is 0 Å². The Labute approximate surface area is 121 Å². The molecule has 0 saturated carbocycles. The molecule has 0 bridgehead atoms. The maximum atomic E-state index is 9.77. The van der Waals surface area contributed by atoms with Gasteiger partial charge in [-0.1, -0.05) is 13.0 Å². The topological polar surface area (TPSA) is 38.7 Å². The SMILES string of the molecule is COCCc1c(C)cc2c(c1C)C[C@@](C)(CO)[C@H]2OC. The van der Waals surface area contributed by atoms with Crippen LogP contribution in [0.3, 0.4) is 0 Å². The highest BCUT2D eigenvalue weighted by Gasteiger charge is 2.43. The Kier molecular flexibility index (Phi) is 4.52. The highest BCUT2D eigenvalue weighted by molar-refractivity contribution is 5.50. The molecule has 0 unspecified atom stereocenters. The van der Waals surface area contributed by atoms with Crippen molar-refractivity contribution in [3.63, 3.8) is 0 Å². The van der Waals surface area contributed by atoms with E-state index in [2.05, 4.69) is 26.8 Å². The minimum Gasteiger partial charge on any atom is -0.396 e. The molecule has 0 aliphatic heterocycles. The van der Waals surface area contributed by atoms with E-state index in [-0.39, 0.29) is 18.1 Å². The second-order valence-electron chi connectivity index (χ2n) is 6.21. The van der Waals surface area contributed by atoms with Crippen LogP contribution in [-0.2, 0) is 22.3 Å². The summed E-state index contributed by atoms with van der Waals surface area (Å²) in [4.78, 5) is 0. The molecule has 1 N–H and O–H groups in total. The van der Waals surface area contributed by atoms with Crippen molar-refractivity contribution in [1.82, 2.24) is 0 Å². The highest BCUT2D eigenvalue weighted by atomic mass is 16.5. The first kappa shape index (κ1) is 15.5. The van der Waals surface area contributed by atoms with E-state index in [9.17, 15) is 5.11 Å². The van der Waals surface area contributed by atoms with Crippen molar-refractivity contribution >= 4 is 0 Å². The smallest absolute Gasteiger partial charge is 0.0902 e. The van der Waals surface area contributed by atoms with Gasteiger partial charge in [0.2, 0.25) is 0 Å². The maximum Gasteiger partial charge on any atom is 0.0902 e. The number of hydrogen-bond acceptors (Lipinski definition) is 3. The van der Waals surface area contributed by atoms with Crippen LogP contribution in [0.25, 0.3) is 0 Å². The summed E-state index contributed by atoms with van der Waals surface area (Å²) in [5.74, 6) is 0. The van der Waals surface area contributed by atoms with E-state index in [1.807, 2.05) is 0 Å². The third kappa shape index (κ3) is 2.39. The average Bonchev–Trinajstić information content (AvgIpc) is 2.71. The summed E-state index contributed by atoms with van der Waals surface area (Å²) in [5, 5.41) is 9.77. The minimum atomic E-state index is -0.214. The fraction of sp³-hybridized carbons (Fsp3) is 0.647. The minimum absolute atomic E-state index is 0.0172. The summed E-state index contributed by atoms with van der Waals surface area (Å²) < 4.78 is 10.9. The predicted octanol–water partition coefficient (Wildman–Crippen LogP) is 2.73. The molecular formula is C17H26O3. The number of aryl methyl sites for hydroxylation is 1. The first-order valence-corrected chi connectivity index (χ1v) is 7.23. The van der Waals surface area contributed by atoms with Gasteiger partial charge in [-0.25, -0.2) is 0 Å². The molecule has 1 aromatic carbocycles. The quantitative estimate of drug-likeness (QED) is 0.900. The molecule has 1 aromatic rings. The summed E-state index contributed by atoms with van der Waals surface area (Å²) in [6.45, 7) is 7.33. The molecule has 112 valence electrons. The summed E-state index contributed by atoms with van der Waals surface area (Å²) in [6, 6.07) is 2.24. The Balaban J connectivity index is 2.48. The lowest BCUT2D eigenvalue weighted by molar-refractivity contribution is -0.0234. The molecule has 3 nitrogen and oxygen atoms in total. The Morgan fingerprint density at radius 3 is 2.60 bits per heavy atom. The molecule has 0 aromatic heterocycles. The van der Waals surface area contributed by atoms with Crippen LogP contribution in [0, 0.1) is 19.3 Å². The van der Waals surface area contributed by atoms with Crippen LogP contribution in [0.4, 0.5) is 0 Å². The molecule has 0 amide bonds. The second kappa shape index (κ2) is 5.84. The van der Waals surface area contributed by atoms with Crippen LogP contribution in [-0.4, -0.2) is 32.5 Å². The second-order valence-corrected chi connectivity index (χ2v) is 6.21. The number of fused-ring (bicyclic) bond motifs is 1. The molecule has 3 heteroatoms. The van der Waals surface area contributed by atoms with Gasteiger partial charge in [-0.15, -0.1) is 0 Å². The van der Waals surface area contributed by atoms with Crippen molar-refractivity contribution < 1.29 is 14.6 Å². The van der Waals surface area contributed by atoms with Gasteiger partial charge in [0.25, 0.3) is 0 Å². The van der Waals surface area contributed by atoms with Gasteiger partial charge in [0.15, 0.2) is 0 Å². The Hall–Kier alpha value is -0.900. The van der Waals surface area contributed by atoms with E-state index in [4.69, 9.17) is 9.47 Å². The van der Waals surface area contributed by atoms with Gasteiger partial charge in [-0.05, 0) is 54.5 Å². The van der Waals surface area contributed by atoms with Crippen LogP contribution >= 0.6 is 0 Å². The molecule has 2 rings (SSSR count). The Morgan fingerprint density at radius 1 is 1.35 bits per heavy atom. The van der Waals surface area contributed by atoms with E-state index >= 15 is 0 Å². The molecule has 0 heterocycles. The fourth-order valence-corrected chi connectivity index (χ4v) is 3.58. The van der Waals surface area contributed by atoms with E-state index in [0.29, 0.717) is 0 Å². The van der Waals surface area contributed by atoms with Gasteiger partial charge in [0.05, 0.1) is 19.3 Å². The number of rotatable bonds is 5. The molecule has 0 saturated heterocycles. The first-order valence-electron chi connectivity index (χ1n) is 7.23. The lowest BCUT2D eigenvalue weighted by Crippen LogP contribution is -2.27. The van der Waals surface area contributed by atoms with Crippen molar-refractivity contribution in [3.05, 3.63) is 33.9 Å².